The number of piperidine rings is 1. The smallest absolute Gasteiger partial charge is 0.254 e. The standard InChI is InChI=1S/C26H25ClFN3O/c1-16-7-9-31(15-24(16)28)26(32)19-4-5-22(23(27)11-19)21-10-20(13-29-14-21)18-6-8-30-25(12-18)17-2-3-17/h4-6,8,10-14,16-17,24H,2-3,7,9,15H2,1H3. The second-order valence-electron chi connectivity index (χ2n) is 8.93. The van der Waals surface area contributed by atoms with Crippen molar-refractivity contribution in [1.29, 1.82) is 0 Å². The molecule has 0 N–H and O–H groups in total. The van der Waals surface area contributed by atoms with Gasteiger partial charge in [0.05, 0.1) is 6.54 Å². The zero-order valence-corrected chi connectivity index (χ0v) is 18.7. The summed E-state index contributed by atoms with van der Waals surface area (Å²) >= 11 is 6.59. The number of pyridine rings is 2. The highest BCUT2D eigenvalue weighted by Crippen LogP contribution is 2.40. The van der Waals surface area contributed by atoms with Gasteiger partial charge < -0.3 is 4.90 Å². The molecule has 5 rings (SSSR count). The molecule has 32 heavy (non-hydrogen) atoms. The number of alkyl halides is 1. The van der Waals surface area contributed by atoms with Crippen molar-refractivity contribution in [2.24, 2.45) is 5.92 Å². The van der Waals surface area contributed by atoms with Gasteiger partial charge in [-0.2, -0.15) is 0 Å². The summed E-state index contributed by atoms with van der Waals surface area (Å²) in [5.41, 5.74) is 5.39. The number of halogens is 2. The number of hydrogen-bond acceptors (Lipinski definition) is 3. The molecule has 2 unspecified atom stereocenters. The van der Waals surface area contributed by atoms with Gasteiger partial charge >= 0.3 is 0 Å². The van der Waals surface area contributed by atoms with E-state index >= 15 is 0 Å². The van der Waals surface area contributed by atoms with Crippen LogP contribution in [0.25, 0.3) is 22.3 Å². The van der Waals surface area contributed by atoms with E-state index in [0.29, 0.717) is 29.5 Å². The van der Waals surface area contributed by atoms with Crippen LogP contribution in [0.4, 0.5) is 4.39 Å². The number of hydrogen-bond donors (Lipinski definition) is 0. The first-order valence-electron chi connectivity index (χ1n) is 11.1. The first-order valence-corrected chi connectivity index (χ1v) is 11.5. The molecule has 164 valence electrons. The molecule has 2 aromatic heterocycles. The summed E-state index contributed by atoms with van der Waals surface area (Å²) < 4.78 is 14.1. The molecule has 1 saturated heterocycles. The Morgan fingerprint density at radius 3 is 2.62 bits per heavy atom. The topological polar surface area (TPSA) is 46.1 Å². The molecule has 2 atom stereocenters. The molecule has 2 fully saturated rings. The van der Waals surface area contributed by atoms with E-state index in [1.54, 1.807) is 23.2 Å². The van der Waals surface area contributed by atoms with Gasteiger partial charge in [0.2, 0.25) is 0 Å². The van der Waals surface area contributed by atoms with E-state index in [4.69, 9.17) is 11.6 Å². The lowest BCUT2D eigenvalue weighted by atomic mass is 9.96. The van der Waals surface area contributed by atoms with Crippen molar-refractivity contribution in [2.45, 2.75) is 38.3 Å². The Morgan fingerprint density at radius 2 is 1.88 bits per heavy atom. The Hall–Kier alpha value is -2.79. The van der Waals surface area contributed by atoms with E-state index in [0.717, 1.165) is 27.9 Å². The lowest BCUT2D eigenvalue weighted by Gasteiger charge is -2.33. The average molecular weight is 450 g/mol. The second-order valence-corrected chi connectivity index (χ2v) is 9.34. The van der Waals surface area contributed by atoms with Gasteiger partial charge in [0.25, 0.3) is 5.91 Å². The summed E-state index contributed by atoms with van der Waals surface area (Å²) in [6.07, 6.45) is 7.57. The molecule has 1 aromatic carbocycles. The molecule has 3 aromatic rings. The van der Waals surface area contributed by atoms with Crippen molar-refractivity contribution >= 4 is 17.5 Å². The van der Waals surface area contributed by atoms with Gasteiger partial charge in [0.15, 0.2) is 0 Å². The lowest BCUT2D eigenvalue weighted by molar-refractivity contribution is 0.0541. The number of nitrogens with zero attached hydrogens (tertiary/aromatic N) is 3. The molecule has 1 aliphatic carbocycles. The van der Waals surface area contributed by atoms with Crippen molar-refractivity contribution in [2.75, 3.05) is 13.1 Å². The summed E-state index contributed by atoms with van der Waals surface area (Å²) in [6, 6.07) is 11.5. The second kappa shape index (κ2) is 8.62. The number of carbonyl (C=O) groups excluding carboxylic acids is 1. The predicted molar refractivity (Wildman–Crippen MR) is 124 cm³/mol. The Bertz CT molecular complexity index is 1160. The number of carbonyl (C=O) groups is 1. The maximum Gasteiger partial charge on any atom is 0.254 e. The fourth-order valence-electron chi connectivity index (χ4n) is 4.25. The van der Waals surface area contributed by atoms with Gasteiger partial charge in [-0.05, 0) is 61.1 Å². The Balaban J connectivity index is 1.39. The van der Waals surface area contributed by atoms with Crippen LogP contribution >= 0.6 is 11.6 Å². The van der Waals surface area contributed by atoms with Crippen molar-refractivity contribution in [3.8, 4) is 22.3 Å². The monoisotopic (exact) mass is 449 g/mol. The van der Waals surface area contributed by atoms with Crippen molar-refractivity contribution < 1.29 is 9.18 Å². The van der Waals surface area contributed by atoms with Crippen molar-refractivity contribution in [3.05, 3.63) is 71.3 Å². The predicted octanol–water partition coefficient (Wildman–Crippen LogP) is 6.16. The third kappa shape index (κ3) is 4.26. The quantitative estimate of drug-likeness (QED) is 0.479. The van der Waals surface area contributed by atoms with Gasteiger partial charge in [-0.15, -0.1) is 0 Å². The number of aromatic nitrogens is 2. The van der Waals surface area contributed by atoms with Crippen molar-refractivity contribution in [3.63, 3.8) is 0 Å². The molecule has 1 aliphatic heterocycles. The van der Waals surface area contributed by atoms with Crippen LogP contribution in [0, 0.1) is 5.92 Å². The van der Waals surface area contributed by atoms with E-state index in [9.17, 15) is 9.18 Å². The van der Waals surface area contributed by atoms with Gasteiger partial charge in [-0.25, -0.2) is 4.39 Å². The van der Waals surface area contributed by atoms with Gasteiger partial charge in [0, 0.05) is 64.0 Å². The van der Waals surface area contributed by atoms with Gasteiger partial charge in [-0.3, -0.25) is 14.8 Å². The molecule has 2 aliphatic rings. The largest absolute Gasteiger partial charge is 0.336 e. The van der Waals surface area contributed by atoms with E-state index in [-0.39, 0.29) is 18.4 Å². The molecule has 6 heteroatoms. The summed E-state index contributed by atoms with van der Waals surface area (Å²) in [4.78, 5) is 23.4. The Kier molecular flexibility index (Phi) is 5.68. The van der Waals surface area contributed by atoms with Crippen molar-refractivity contribution in [1.82, 2.24) is 14.9 Å². The maximum atomic E-state index is 14.1. The highest BCUT2D eigenvalue weighted by molar-refractivity contribution is 6.33. The van der Waals surface area contributed by atoms with Crippen LogP contribution in [0.1, 0.15) is 48.2 Å². The number of amides is 1. The number of likely N-dealkylation sites (tertiary alicyclic amines) is 1. The summed E-state index contributed by atoms with van der Waals surface area (Å²) in [5.74, 6) is 0.399. The van der Waals surface area contributed by atoms with E-state index in [1.165, 1.54) is 12.8 Å². The van der Waals surface area contributed by atoms with E-state index in [2.05, 4.69) is 22.1 Å². The molecule has 0 radical (unpaired) electrons. The van der Waals surface area contributed by atoms with Crippen LogP contribution in [0.15, 0.2) is 55.0 Å². The van der Waals surface area contributed by atoms with Crippen LogP contribution in [0.5, 0.6) is 0 Å². The lowest BCUT2D eigenvalue weighted by Crippen LogP contribution is -2.44. The molecule has 1 amide bonds. The van der Waals surface area contributed by atoms with Crippen LogP contribution in [-0.4, -0.2) is 40.0 Å². The zero-order chi connectivity index (χ0) is 22.2. The molecule has 0 bridgehead atoms. The van der Waals surface area contributed by atoms with Gasteiger partial charge in [-0.1, -0.05) is 24.6 Å². The average Bonchev–Trinajstić information content (AvgIpc) is 3.66. The van der Waals surface area contributed by atoms with Crippen LogP contribution in [-0.2, 0) is 0 Å². The molecular weight excluding hydrogens is 425 g/mol. The molecule has 0 spiro atoms. The molecule has 4 nitrogen and oxygen atoms in total. The Morgan fingerprint density at radius 1 is 1.06 bits per heavy atom. The molecule has 1 saturated carbocycles. The summed E-state index contributed by atoms with van der Waals surface area (Å²) in [5, 5.41) is 0.477. The SMILES string of the molecule is CC1CCN(C(=O)c2ccc(-c3cncc(-c4ccnc(C5CC5)c4)c3)c(Cl)c2)CC1F. The number of rotatable bonds is 4. The van der Waals surface area contributed by atoms with Gasteiger partial charge in [0.1, 0.15) is 6.17 Å². The fraction of sp³-hybridized carbons (Fsp3) is 0.346. The minimum Gasteiger partial charge on any atom is -0.336 e. The summed E-state index contributed by atoms with van der Waals surface area (Å²) in [7, 11) is 0. The van der Waals surface area contributed by atoms with Crippen LogP contribution in [0.3, 0.4) is 0 Å². The van der Waals surface area contributed by atoms with Crippen LogP contribution < -0.4 is 0 Å². The van der Waals surface area contributed by atoms with E-state index in [1.807, 2.05) is 31.5 Å². The zero-order valence-electron chi connectivity index (χ0n) is 18.0. The fourth-order valence-corrected chi connectivity index (χ4v) is 4.54. The van der Waals surface area contributed by atoms with Crippen LogP contribution in [0.2, 0.25) is 5.02 Å². The third-order valence-electron chi connectivity index (χ3n) is 6.53. The minimum atomic E-state index is -0.982. The normalized spacial score (nSPS) is 20.9. The van der Waals surface area contributed by atoms with E-state index < -0.39 is 6.17 Å². The Labute approximate surface area is 192 Å². The minimum absolute atomic E-state index is 0.00876. The number of benzene rings is 1. The molecule has 3 heterocycles. The first kappa shape index (κ1) is 21.1. The summed E-state index contributed by atoms with van der Waals surface area (Å²) in [6.45, 7) is 2.60. The highest BCUT2D eigenvalue weighted by Gasteiger charge is 2.29. The first-order chi connectivity index (χ1) is 15.5. The highest BCUT2D eigenvalue weighted by atomic mass is 35.5. The third-order valence-corrected chi connectivity index (χ3v) is 6.84. The molecular formula is C26H25ClFN3O. The maximum absolute atomic E-state index is 14.1.